The van der Waals surface area contributed by atoms with Crippen molar-refractivity contribution in [1.82, 2.24) is 0 Å². The molecule has 0 fully saturated rings. The molecular formula is C19H12BrF6NO5. The predicted molar refractivity (Wildman–Crippen MR) is 101 cm³/mol. The van der Waals surface area contributed by atoms with Gasteiger partial charge in [-0.15, -0.1) is 0 Å². The van der Waals surface area contributed by atoms with Gasteiger partial charge in [0.2, 0.25) is 0 Å². The standard InChI is InChI=1S/C19H12BrF6NO5/c1-30-15(28)7-14(18(29)31-2)27-13-6-9(21)5-10(20)16(13)32-17-11(22)3-8(4-12(17)23)19(24,25)26/h3-7,27H,1-2H3/b14-7+. The van der Waals surface area contributed by atoms with Crippen LogP contribution in [0.25, 0.3) is 0 Å². The van der Waals surface area contributed by atoms with Crippen LogP contribution in [0.3, 0.4) is 0 Å². The van der Waals surface area contributed by atoms with E-state index in [0.29, 0.717) is 6.08 Å². The molecule has 172 valence electrons. The molecule has 0 aliphatic heterocycles. The molecule has 0 aromatic heterocycles. The molecule has 0 aliphatic rings. The van der Waals surface area contributed by atoms with Gasteiger partial charge in [0.15, 0.2) is 23.1 Å². The lowest BCUT2D eigenvalue weighted by Crippen LogP contribution is -2.16. The van der Waals surface area contributed by atoms with Crippen molar-refractivity contribution < 1.29 is 50.1 Å². The highest BCUT2D eigenvalue weighted by molar-refractivity contribution is 9.10. The van der Waals surface area contributed by atoms with Gasteiger partial charge in [-0.1, -0.05) is 0 Å². The smallest absolute Gasteiger partial charge is 0.416 e. The number of carbonyl (C=O) groups excluding carboxylic acids is 2. The summed E-state index contributed by atoms with van der Waals surface area (Å²) in [5.41, 5.74) is -2.60. The van der Waals surface area contributed by atoms with Gasteiger partial charge in [0, 0.05) is 6.07 Å². The van der Waals surface area contributed by atoms with Gasteiger partial charge in [0.25, 0.3) is 0 Å². The highest BCUT2D eigenvalue weighted by atomic mass is 79.9. The van der Waals surface area contributed by atoms with Gasteiger partial charge in [-0.05, 0) is 34.1 Å². The van der Waals surface area contributed by atoms with E-state index in [1.54, 1.807) is 0 Å². The molecule has 2 aromatic carbocycles. The van der Waals surface area contributed by atoms with E-state index >= 15 is 0 Å². The maximum atomic E-state index is 14.2. The molecule has 1 N–H and O–H groups in total. The molecular weight excluding hydrogens is 516 g/mol. The van der Waals surface area contributed by atoms with Crippen molar-refractivity contribution in [2.75, 3.05) is 19.5 Å². The topological polar surface area (TPSA) is 73.9 Å². The summed E-state index contributed by atoms with van der Waals surface area (Å²) in [5, 5.41) is 2.31. The van der Waals surface area contributed by atoms with Crippen LogP contribution >= 0.6 is 15.9 Å². The molecule has 0 saturated carbocycles. The van der Waals surface area contributed by atoms with Crippen LogP contribution in [0.15, 0.2) is 40.5 Å². The van der Waals surface area contributed by atoms with E-state index in [1.807, 2.05) is 0 Å². The zero-order chi connectivity index (χ0) is 24.2. The Morgan fingerprint density at radius 2 is 1.56 bits per heavy atom. The largest absolute Gasteiger partial charge is 0.466 e. The molecule has 2 aromatic rings. The molecule has 0 heterocycles. The molecule has 0 saturated heterocycles. The van der Waals surface area contributed by atoms with Crippen molar-refractivity contribution in [3.05, 3.63) is 63.5 Å². The molecule has 0 unspecified atom stereocenters. The van der Waals surface area contributed by atoms with Crippen LogP contribution in [0, 0.1) is 17.5 Å². The maximum Gasteiger partial charge on any atom is 0.416 e. The second kappa shape index (κ2) is 9.94. The van der Waals surface area contributed by atoms with Crippen LogP contribution in [0.4, 0.5) is 32.0 Å². The number of anilines is 1. The van der Waals surface area contributed by atoms with E-state index in [-0.39, 0.29) is 16.6 Å². The van der Waals surface area contributed by atoms with E-state index in [2.05, 4.69) is 30.7 Å². The number of hydrogen-bond donors (Lipinski definition) is 1. The minimum atomic E-state index is -5.02. The number of carbonyl (C=O) groups is 2. The summed E-state index contributed by atoms with van der Waals surface area (Å²) in [5.74, 6) is -8.17. The summed E-state index contributed by atoms with van der Waals surface area (Å²) in [6, 6.07) is 1.58. The molecule has 0 bridgehead atoms. The second-order valence-corrected chi connectivity index (χ2v) is 6.69. The van der Waals surface area contributed by atoms with E-state index in [0.717, 1.165) is 26.4 Å². The predicted octanol–water partition coefficient (Wildman–Crippen LogP) is 5.32. The summed E-state index contributed by atoms with van der Waals surface area (Å²) in [7, 11) is 1.98. The molecule has 0 aliphatic carbocycles. The lowest BCUT2D eigenvalue weighted by atomic mass is 10.2. The van der Waals surface area contributed by atoms with Crippen molar-refractivity contribution in [3.8, 4) is 11.5 Å². The highest BCUT2D eigenvalue weighted by Crippen LogP contribution is 2.41. The quantitative estimate of drug-likeness (QED) is 0.311. The fourth-order valence-corrected chi connectivity index (χ4v) is 2.77. The SMILES string of the molecule is COC(=O)/C=C(/Nc1cc(F)cc(Br)c1Oc1c(F)cc(C(F)(F)F)cc1F)C(=O)OC. The third-order valence-corrected chi connectivity index (χ3v) is 4.27. The monoisotopic (exact) mass is 527 g/mol. The Bertz CT molecular complexity index is 1060. The number of rotatable bonds is 6. The van der Waals surface area contributed by atoms with Gasteiger partial charge >= 0.3 is 18.1 Å². The first-order valence-corrected chi connectivity index (χ1v) is 9.04. The normalized spacial score (nSPS) is 11.7. The van der Waals surface area contributed by atoms with Crippen molar-refractivity contribution in [2.24, 2.45) is 0 Å². The lowest BCUT2D eigenvalue weighted by Gasteiger charge is -2.17. The van der Waals surface area contributed by atoms with Gasteiger partial charge < -0.3 is 19.5 Å². The average molecular weight is 528 g/mol. The van der Waals surface area contributed by atoms with E-state index in [9.17, 15) is 35.9 Å². The van der Waals surface area contributed by atoms with Crippen LogP contribution in [-0.4, -0.2) is 26.2 Å². The highest BCUT2D eigenvalue weighted by Gasteiger charge is 2.33. The van der Waals surface area contributed by atoms with E-state index in [4.69, 9.17) is 4.74 Å². The zero-order valence-corrected chi connectivity index (χ0v) is 17.7. The zero-order valence-electron chi connectivity index (χ0n) is 16.1. The van der Waals surface area contributed by atoms with Gasteiger partial charge in [-0.3, -0.25) is 0 Å². The lowest BCUT2D eigenvalue weighted by molar-refractivity contribution is -0.138. The number of hydrogen-bond acceptors (Lipinski definition) is 6. The van der Waals surface area contributed by atoms with Crippen LogP contribution in [0.2, 0.25) is 0 Å². The van der Waals surface area contributed by atoms with Crippen molar-refractivity contribution in [3.63, 3.8) is 0 Å². The molecule has 0 atom stereocenters. The molecule has 6 nitrogen and oxygen atoms in total. The summed E-state index contributed by atoms with van der Waals surface area (Å²) in [6.45, 7) is 0. The Balaban J connectivity index is 2.56. The summed E-state index contributed by atoms with van der Waals surface area (Å²) < 4.78 is 94.3. The van der Waals surface area contributed by atoms with Crippen molar-refractivity contribution >= 4 is 33.6 Å². The van der Waals surface area contributed by atoms with Crippen molar-refractivity contribution in [2.45, 2.75) is 6.18 Å². The average Bonchev–Trinajstić information content (AvgIpc) is 2.69. The summed E-state index contributed by atoms with van der Waals surface area (Å²) in [6.07, 6.45) is -4.37. The van der Waals surface area contributed by atoms with Crippen LogP contribution in [-0.2, 0) is 25.2 Å². The number of ether oxygens (including phenoxy) is 3. The summed E-state index contributed by atoms with van der Waals surface area (Å²) >= 11 is 2.90. The number of nitrogens with one attached hydrogen (secondary N) is 1. The van der Waals surface area contributed by atoms with Crippen LogP contribution in [0.5, 0.6) is 11.5 Å². The molecule has 32 heavy (non-hydrogen) atoms. The number of esters is 2. The van der Waals surface area contributed by atoms with E-state index in [1.165, 1.54) is 0 Å². The number of benzene rings is 2. The first kappa shape index (κ1) is 25.0. The Kier molecular flexibility index (Phi) is 7.78. The third kappa shape index (κ3) is 5.93. The minimum absolute atomic E-state index is 0.0139. The van der Waals surface area contributed by atoms with Crippen LogP contribution in [0.1, 0.15) is 5.56 Å². The Labute approximate surface area is 184 Å². The first-order valence-electron chi connectivity index (χ1n) is 8.25. The van der Waals surface area contributed by atoms with Crippen LogP contribution < -0.4 is 10.1 Å². The summed E-state index contributed by atoms with van der Waals surface area (Å²) in [4.78, 5) is 23.4. The fourth-order valence-electron chi connectivity index (χ4n) is 2.26. The number of halogens is 7. The molecule has 0 amide bonds. The Morgan fingerprint density at radius 3 is 2.06 bits per heavy atom. The number of methoxy groups -OCH3 is 2. The second-order valence-electron chi connectivity index (χ2n) is 5.83. The fraction of sp³-hybridized carbons (Fsp3) is 0.158. The van der Waals surface area contributed by atoms with Crippen molar-refractivity contribution in [1.29, 1.82) is 0 Å². The molecule has 0 spiro atoms. The van der Waals surface area contributed by atoms with Gasteiger partial charge in [0.05, 0.1) is 36.0 Å². The molecule has 2 rings (SSSR count). The molecule has 0 radical (unpaired) electrons. The maximum absolute atomic E-state index is 14.2. The first-order chi connectivity index (χ1) is 14.9. The Hall–Kier alpha value is -3.22. The van der Waals surface area contributed by atoms with Gasteiger partial charge in [-0.2, -0.15) is 13.2 Å². The minimum Gasteiger partial charge on any atom is -0.466 e. The third-order valence-electron chi connectivity index (χ3n) is 3.68. The molecule has 13 heteroatoms. The van der Waals surface area contributed by atoms with E-state index < -0.39 is 64.0 Å². The van der Waals surface area contributed by atoms with Gasteiger partial charge in [0.1, 0.15) is 11.5 Å². The number of alkyl halides is 3. The van der Waals surface area contributed by atoms with Gasteiger partial charge in [-0.25, -0.2) is 22.8 Å². The Morgan fingerprint density at radius 1 is 0.969 bits per heavy atom.